The minimum Gasteiger partial charge on any atom is -0.303 e. The molecule has 0 aromatic rings. The molecule has 0 aliphatic carbocycles. The maximum atomic E-state index is 10.5. The highest BCUT2D eigenvalue weighted by Crippen LogP contribution is 2.42. The maximum absolute atomic E-state index is 10.5. The second-order valence-corrected chi connectivity index (χ2v) is 5.26. The highest BCUT2D eigenvalue weighted by Gasteiger charge is 2.17. The van der Waals surface area contributed by atoms with E-state index in [0.29, 0.717) is 0 Å². The van der Waals surface area contributed by atoms with E-state index in [1.807, 2.05) is 0 Å². The van der Waals surface area contributed by atoms with Gasteiger partial charge in [-0.05, 0) is 13.8 Å². The lowest BCUT2D eigenvalue weighted by molar-refractivity contribution is 0.161. The molecule has 0 aromatic heterocycles. The molecule has 0 amide bonds. The number of phosphoric ester groups is 2. The lowest BCUT2D eigenvalue weighted by Crippen LogP contribution is -1.93. The van der Waals surface area contributed by atoms with Crippen LogP contribution in [0.25, 0.3) is 0 Å². The van der Waals surface area contributed by atoms with Gasteiger partial charge in [0.1, 0.15) is 0 Å². The molecule has 2 N–H and O–H groups in total. The lowest BCUT2D eigenvalue weighted by atomic mass is 10.9. The van der Waals surface area contributed by atoms with E-state index in [-0.39, 0.29) is 38.0 Å². The van der Waals surface area contributed by atoms with Crippen molar-refractivity contribution in [2.24, 2.45) is 0 Å². The molecule has 0 aromatic carbocycles. The Morgan fingerprint density at radius 2 is 1.11 bits per heavy atom. The van der Waals surface area contributed by atoms with Crippen LogP contribution in [0.15, 0.2) is 0 Å². The van der Waals surface area contributed by atoms with Gasteiger partial charge in [-0.2, -0.15) is 0 Å². The van der Waals surface area contributed by atoms with Crippen LogP contribution < -0.4 is 0 Å². The minimum absolute atomic E-state index is 0. The van der Waals surface area contributed by atoms with Gasteiger partial charge in [0.25, 0.3) is 0 Å². The van der Waals surface area contributed by atoms with Crippen molar-refractivity contribution in [3.8, 4) is 0 Å². The molecule has 0 atom stereocenters. The summed E-state index contributed by atoms with van der Waals surface area (Å²) < 4.78 is 37.3. The topological polar surface area (TPSA) is 112 Å². The smallest absolute Gasteiger partial charge is 0.303 e. The molecule has 0 bridgehead atoms. The number of phosphoric acid groups is 2. The first-order chi connectivity index (χ1) is 7.24. The zero-order valence-corrected chi connectivity index (χ0v) is 13.9. The van der Waals surface area contributed by atoms with Crippen molar-refractivity contribution in [2.75, 3.05) is 27.4 Å². The van der Waals surface area contributed by atoms with Gasteiger partial charge in [-0.15, -0.1) is 24.8 Å². The molecule has 0 saturated heterocycles. The van der Waals surface area contributed by atoms with Crippen molar-refractivity contribution >= 4 is 40.5 Å². The van der Waals surface area contributed by atoms with Gasteiger partial charge in [-0.25, -0.2) is 9.13 Å². The Kier molecular flexibility index (Phi) is 21.5. The largest absolute Gasteiger partial charge is 0.472 e. The van der Waals surface area contributed by atoms with E-state index in [1.165, 1.54) is 0 Å². The minimum atomic E-state index is -3.69. The van der Waals surface area contributed by atoms with E-state index < -0.39 is 15.6 Å². The van der Waals surface area contributed by atoms with Crippen LogP contribution >= 0.6 is 40.5 Å². The monoisotopic (exact) mass is 352 g/mol. The normalized spacial score (nSPS) is 10.6. The molecule has 0 rings (SSSR count). The van der Waals surface area contributed by atoms with E-state index in [0.717, 1.165) is 14.2 Å². The van der Waals surface area contributed by atoms with Crippen LogP contribution in [0.4, 0.5) is 0 Å². The zero-order valence-electron chi connectivity index (χ0n) is 10.5. The molecule has 0 spiro atoms. The molecule has 0 aliphatic rings. The van der Waals surface area contributed by atoms with Crippen LogP contribution in [0.3, 0.4) is 0 Å². The van der Waals surface area contributed by atoms with E-state index in [4.69, 9.17) is 9.79 Å². The summed E-state index contributed by atoms with van der Waals surface area (Å²) in [6.45, 7) is 3.63. The Morgan fingerprint density at radius 1 is 0.833 bits per heavy atom. The van der Waals surface area contributed by atoms with Gasteiger partial charge in [0.05, 0.1) is 13.2 Å². The van der Waals surface area contributed by atoms with Crippen molar-refractivity contribution in [1.29, 1.82) is 0 Å². The average Bonchev–Trinajstić information content (AvgIpc) is 2.18. The van der Waals surface area contributed by atoms with Crippen LogP contribution in [-0.2, 0) is 27.2 Å². The molecule has 0 unspecified atom stereocenters. The van der Waals surface area contributed by atoms with E-state index in [2.05, 4.69) is 18.1 Å². The van der Waals surface area contributed by atoms with Crippen LogP contribution in [0.2, 0.25) is 0 Å². The summed E-state index contributed by atoms with van der Waals surface area (Å²) in [5.74, 6) is 0. The molecule has 0 fully saturated rings. The Labute approximate surface area is 119 Å². The lowest BCUT2D eigenvalue weighted by Gasteiger charge is -2.07. The Hall–Kier alpha value is 0.800. The summed E-state index contributed by atoms with van der Waals surface area (Å²) in [5, 5.41) is 0. The standard InChI is InChI=1S/C4H11O4P.C2H7O4P.2ClH/c1-3-7-9(5,6)8-4-2;1-5-7(3,4)6-2;;/h3-4H2,1-2H3,(H,5,6);1-2H3,(H,3,4);2*1H. The number of hydrogen-bond acceptors (Lipinski definition) is 6. The highest BCUT2D eigenvalue weighted by molar-refractivity contribution is 7.47. The van der Waals surface area contributed by atoms with Crippen LogP contribution in [0, 0.1) is 0 Å². The number of hydrogen-bond donors (Lipinski definition) is 2. The first-order valence-corrected chi connectivity index (χ1v) is 7.29. The van der Waals surface area contributed by atoms with Crippen molar-refractivity contribution in [2.45, 2.75) is 13.8 Å². The van der Waals surface area contributed by atoms with E-state index in [9.17, 15) is 9.13 Å². The molecule has 12 heteroatoms. The second-order valence-electron chi connectivity index (χ2n) is 2.14. The second kappa shape index (κ2) is 14.2. The van der Waals surface area contributed by atoms with E-state index >= 15 is 0 Å². The average molecular weight is 353 g/mol. The van der Waals surface area contributed by atoms with Crippen molar-refractivity contribution in [1.82, 2.24) is 0 Å². The zero-order chi connectivity index (χ0) is 13.2. The van der Waals surface area contributed by atoms with Crippen LogP contribution in [-0.4, -0.2) is 37.2 Å². The first kappa shape index (κ1) is 27.2. The summed E-state index contributed by atoms with van der Waals surface area (Å²) >= 11 is 0. The quantitative estimate of drug-likeness (QED) is 0.700. The molecular weight excluding hydrogens is 333 g/mol. The van der Waals surface area contributed by atoms with Crippen LogP contribution in [0.1, 0.15) is 13.8 Å². The molecule has 0 aliphatic heterocycles. The molecule has 116 valence electrons. The third-order valence-electron chi connectivity index (χ3n) is 1.05. The maximum Gasteiger partial charge on any atom is 0.472 e. The molecule has 18 heavy (non-hydrogen) atoms. The summed E-state index contributed by atoms with van der Waals surface area (Å²) in [4.78, 5) is 16.9. The van der Waals surface area contributed by atoms with Crippen molar-refractivity contribution < 1.29 is 37.0 Å². The third-order valence-corrected chi connectivity index (χ3v) is 3.14. The van der Waals surface area contributed by atoms with E-state index in [1.54, 1.807) is 13.8 Å². The molecule has 0 heterocycles. The summed E-state index contributed by atoms with van der Waals surface area (Å²) in [6.07, 6.45) is 0. The first-order valence-electron chi connectivity index (χ1n) is 4.30. The third kappa shape index (κ3) is 19.1. The van der Waals surface area contributed by atoms with Gasteiger partial charge in [0.15, 0.2) is 0 Å². The highest BCUT2D eigenvalue weighted by atomic mass is 35.5. The summed E-state index contributed by atoms with van der Waals surface area (Å²) in [5.41, 5.74) is 0. The van der Waals surface area contributed by atoms with Crippen LogP contribution in [0.5, 0.6) is 0 Å². The summed E-state index contributed by atoms with van der Waals surface area (Å²) in [7, 11) is -5.14. The Bertz CT molecular complexity index is 246. The molecular formula is C6H20Cl2O8P2. The summed E-state index contributed by atoms with van der Waals surface area (Å²) in [6, 6.07) is 0. The van der Waals surface area contributed by atoms with Gasteiger partial charge in [0.2, 0.25) is 0 Å². The molecule has 8 nitrogen and oxygen atoms in total. The van der Waals surface area contributed by atoms with Gasteiger partial charge < -0.3 is 9.79 Å². The fourth-order valence-electron chi connectivity index (χ4n) is 0.438. The Morgan fingerprint density at radius 3 is 1.22 bits per heavy atom. The predicted molar refractivity (Wildman–Crippen MR) is 71.4 cm³/mol. The molecule has 0 radical (unpaired) electrons. The van der Waals surface area contributed by atoms with Gasteiger partial charge in [0, 0.05) is 14.2 Å². The van der Waals surface area contributed by atoms with Gasteiger partial charge in [-0.3, -0.25) is 18.1 Å². The predicted octanol–water partition coefficient (Wildman–Crippen LogP) is 2.38. The van der Waals surface area contributed by atoms with Gasteiger partial charge in [-0.1, -0.05) is 0 Å². The molecule has 0 saturated carbocycles. The Balaban J connectivity index is -0.000000100. The van der Waals surface area contributed by atoms with Crippen molar-refractivity contribution in [3.63, 3.8) is 0 Å². The fourth-order valence-corrected chi connectivity index (χ4v) is 1.31. The van der Waals surface area contributed by atoms with Gasteiger partial charge >= 0.3 is 15.6 Å². The fraction of sp³-hybridized carbons (Fsp3) is 1.00. The SMILES string of the molecule is CCOP(=O)(O)OCC.COP(=O)(O)OC.Cl.Cl. The number of rotatable bonds is 6. The van der Waals surface area contributed by atoms with Crippen molar-refractivity contribution in [3.05, 3.63) is 0 Å². The number of halogens is 2.